The zero-order chi connectivity index (χ0) is 15.0. The molecule has 4 nitrogen and oxygen atoms in total. The van der Waals surface area contributed by atoms with Gasteiger partial charge in [0.2, 0.25) is 5.91 Å². The van der Waals surface area contributed by atoms with Gasteiger partial charge < -0.3 is 15.8 Å². The molecule has 0 aliphatic carbocycles. The van der Waals surface area contributed by atoms with Gasteiger partial charge in [-0.3, -0.25) is 4.79 Å². The molecule has 3 N–H and O–H groups in total. The van der Waals surface area contributed by atoms with Crippen molar-refractivity contribution in [2.75, 3.05) is 24.3 Å². The highest BCUT2D eigenvalue weighted by Crippen LogP contribution is 2.17. The lowest BCUT2D eigenvalue weighted by molar-refractivity contribution is -0.117. The van der Waals surface area contributed by atoms with Gasteiger partial charge in [0.05, 0.1) is 13.0 Å². The van der Waals surface area contributed by atoms with Gasteiger partial charge in [-0.1, -0.05) is 13.8 Å². The maximum absolute atomic E-state index is 11.8. The van der Waals surface area contributed by atoms with Crippen LogP contribution in [0.25, 0.3) is 0 Å². The summed E-state index contributed by atoms with van der Waals surface area (Å²) in [6.45, 7) is 7.52. The molecular formula is C16H26N2O2. The van der Waals surface area contributed by atoms with Gasteiger partial charge in [-0.25, -0.2) is 0 Å². The molecule has 4 heteroatoms. The number of nitrogens with two attached hydrogens (primary N) is 1. The Morgan fingerprint density at radius 3 is 2.75 bits per heavy atom. The average molecular weight is 278 g/mol. The number of carbonyl (C=O) groups is 1. The lowest BCUT2D eigenvalue weighted by Crippen LogP contribution is -2.15. The summed E-state index contributed by atoms with van der Waals surface area (Å²) in [4.78, 5) is 11.8. The quantitative estimate of drug-likeness (QED) is 0.566. The molecule has 1 aromatic carbocycles. The van der Waals surface area contributed by atoms with Crippen LogP contribution in [-0.2, 0) is 9.53 Å². The summed E-state index contributed by atoms with van der Waals surface area (Å²) in [6.07, 6.45) is 2.60. The molecule has 0 aliphatic rings. The lowest BCUT2D eigenvalue weighted by atomic mass is 10.1. The molecule has 0 radical (unpaired) electrons. The van der Waals surface area contributed by atoms with Crippen molar-refractivity contribution in [3.05, 3.63) is 23.8 Å². The highest BCUT2D eigenvalue weighted by Gasteiger charge is 2.05. The second-order valence-electron chi connectivity index (χ2n) is 5.52. The van der Waals surface area contributed by atoms with Gasteiger partial charge in [0.15, 0.2) is 0 Å². The number of aryl methyl sites for hydroxylation is 1. The Kier molecular flexibility index (Phi) is 7.09. The normalized spacial score (nSPS) is 10.8. The van der Waals surface area contributed by atoms with E-state index >= 15 is 0 Å². The van der Waals surface area contributed by atoms with Crippen molar-refractivity contribution >= 4 is 17.3 Å². The number of benzene rings is 1. The van der Waals surface area contributed by atoms with Gasteiger partial charge in [0.1, 0.15) is 0 Å². The Morgan fingerprint density at radius 1 is 1.35 bits per heavy atom. The highest BCUT2D eigenvalue weighted by atomic mass is 16.5. The Labute approximate surface area is 121 Å². The van der Waals surface area contributed by atoms with Crippen molar-refractivity contribution in [1.29, 1.82) is 0 Å². The van der Waals surface area contributed by atoms with Crippen molar-refractivity contribution in [3.63, 3.8) is 0 Å². The van der Waals surface area contributed by atoms with E-state index in [9.17, 15) is 4.79 Å². The molecule has 0 fully saturated rings. The third kappa shape index (κ3) is 6.57. The molecule has 112 valence electrons. The number of nitrogen functional groups attached to an aromatic ring is 1. The molecule has 1 amide bonds. The summed E-state index contributed by atoms with van der Waals surface area (Å²) in [5.74, 6) is 0.678. The first-order valence-corrected chi connectivity index (χ1v) is 7.22. The van der Waals surface area contributed by atoms with E-state index in [1.54, 1.807) is 6.07 Å². The van der Waals surface area contributed by atoms with E-state index in [2.05, 4.69) is 19.2 Å². The SMILES string of the molecule is Cc1cc(N)ccc1NC(=O)CCOCCCC(C)C. The molecule has 0 aliphatic heterocycles. The first-order chi connectivity index (χ1) is 9.49. The van der Waals surface area contributed by atoms with E-state index in [-0.39, 0.29) is 5.91 Å². The summed E-state index contributed by atoms with van der Waals surface area (Å²) in [6, 6.07) is 5.45. The summed E-state index contributed by atoms with van der Waals surface area (Å²) in [5.41, 5.74) is 8.15. The van der Waals surface area contributed by atoms with Crippen LogP contribution < -0.4 is 11.1 Å². The lowest BCUT2D eigenvalue weighted by Gasteiger charge is -2.09. The van der Waals surface area contributed by atoms with E-state index in [4.69, 9.17) is 10.5 Å². The second kappa shape index (κ2) is 8.59. The number of rotatable bonds is 8. The van der Waals surface area contributed by atoms with Crippen LogP contribution in [0, 0.1) is 12.8 Å². The van der Waals surface area contributed by atoms with Crippen LogP contribution in [0.5, 0.6) is 0 Å². The molecule has 0 unspecified atom stereocenters. The molecule has 0 saturated heterocycles. The van der Waals surface area contributed by atoms with Crippen molar-refractivity contribution < 1.29 is 9.53 Å². The fourth-order valence-corrected chi connectivity index (χ4v) is 1.90. The summed E-state index contributed by atoms with van der Waals surface area (Å²) < 4.78 is 5.46. The fraction of sp³-hybridized carbons (Fsp3) is 0.562. The van der Waals surface area contributed by atoms with Crippen molar-refractivity contribution in [2.24, 2.45) is 5.92 Å². The highest BCUT2D eigenvalue weighted by molar-refractivity contribution is 5.91. The van der Waals surface area contributed by atoms with E-state index in [0.717, 1.165) is 30.7 Å². The molecule has 0 atom stereocenters. The average Bonchev–Trinajstić information content (AvgIpc) is 2.36. The second-order valence-corrected chi connectivity index (χ2v) is 5.52. The zero-order valence-corrected chi connectivity index (χ0v) is 12.7. The predicted molar refractivity (Wildman–Crippen MR) is 83.7 cm³/mol. The van der Waals surface area contributed by atoms with E-state index in [0.29, 0.717) is 24.6 Å². The number of amides is 1. The minimum Gasteiger partial charge on any atom is -0.399 e. The minimum atomic E-state index is -0.0262. The Bertz CT molecular complexity index is 430. The Morgan fingerprint density at radius 2 is 2.10 bits per heavy atom. The van der Waals surface area contributed by atoms with Crippen LogP contribution in [0.15, 0.2) is 18.2 Å². The summed E-state index contributed by atoms with van der Waals surface area (Å²) >= 11 is 0. The van der Waals surface area contributed by atoms with Gasteiger partial charge in [-0.05, 0) is 49.4 Å². The smallest absolute Gasteiger partial charge is 0.226 e. The summed E-state index contributed by atoms with van der Waals surface area (Å²) in [7, 11) is 0. The molecule has 0 heterocycles. The molecule has 0 spiro atoms. The van der Waals surface area contributed by atoms with E-state index < -0.39 is 0 Å². The first kappa shape index (κ1) is 16.5. The third-order valence-electron chi connectivity index (χ3n) is 3.07. The molecule has 0 saturated carbocycles. The first-order valence-electron chi connectivity index (χ1n) is 7.22. The van der Waals surface area contributed by atoms with E-state index in [1.165, 1.54) is 0 Å². The number of ether oxygens (including phenoxy) is 1. The number of carbonyl (C=O) groups excluding carboxylic acids is 1. The fourth-order valence-electron chi connectivity index (χ4n) is 1.90. The van der Waals surface area contributed by atoms with Gasteiger partial charge >= 0.3 is 0 Å². The third-order valence-corrected chi connectivity index (χ3v) is 3.07. The maximum Gasteiger partial charge on any atom is 0.226 e. The van der Waals surface area contributed by atoms with Gasteiger partial charge in [0.25, 0.3) is 0 Å². The topological polar surface area (TPSA) is 64.3 Å². The zero-order valence-electron chi connectivity index (χ0n) is 12.7. The largest absolute Gasteiger partial charge is 0.399 e. The Balaban J connectivity index is 2.20. The maximum atomic E-state index is 11.8. The van der Waals surface area contributed by atoms with Gasteiger partial charge in [-0.2, -0.15) is 0 Å². The molecule has 0 aromatic heterocycles. The number of anilines is 2. The number of hydrogen-bond donors (Lipinski definition) is 2. The van der Waals surface area contributed by atoms with Crippen LogP contribution in [0.4, 0.5) is 11.4 Å². The van der Waals surface area contributed by atoms with Gasteiger partial charge in [0, 0.05) is 18.0 Å². The van der Waals surface area contributed by atoms with Crippen LogP contribution in [0.2, 0.25) is 0 Å². The summed E-state index contributed by atoms with van der Waals surface area (Å²) in [5, 5.41) is 2.87. The van der Waals surface area contributed by atoms with Gasteiger partial charge in [-0.15, -0.1) is 0 Å². The monoisotopic (exact) mass is 278 g/mol. The molecular weight excluding hydrogens is 252 g/mol. The van der Waals surface area contributed by atoms with Crippen molar-refractivity contribution in [3.8, 4) is 0 Å². The standard InChI is InChI=1S/C16H26N2O2/c1-12(2)5-4-9-20-10-8-16(19)18-15-7-6-14(17)11-13(15)3/h6-7,11-12H,4-5,8-10,17H2,1-3H3,(H,18,19). The molecule has 0 bridgehead atoms. The van der Waals surface area contributed by atoms with Crippen molar-refractivity contribution in [2.45, 2.75) is 40.0 Å². The van der Waals surface area contributed by atoms with Crippen LogP contribution in [-0.4, -0.2) is 19.1 Å². The van der Waals surface area contributed by atoms with Crippen LogP contribution in [0.3, 0.4) is 0 Å². The number of hydrogen-bond acceptors (Lipinski definition) is 3. The molecule has 20 heavy (non-hydrogen) atoms. The molecule has 1 aromatic rings. The van der Waals surface area contributed by atoms with Crippen molar-refractivity contribution in [1.82, 2.24) is 0 Å². The van der Waals surface area contributed by atoms with Crippen LogP contribution in [0.1, 0.15) is 38.7 Å². The number of nitrogens with one attached hydrogen (secondary N) is 1. The molecule has 1 rings (SSSR count). The van der Waals surface area contributed by atoms with E-state index in [1.807, 2.05) is 19.1 Å². The minimum absolute atomic E-state index is 0.0262. The predicted octanol–water partition coefficient (Wildman–Crippen LogP) is 3.36. The Hall–Kier alpha value is -1.55. The van der Waals surface area contributed by atoms with Crippen LogP contribution >= 0.6 is 0 Å².